The van der Waals surface area contributed by atoms with Crippen LogP contribution in [0.2, 0.25) is 5.15 Å². The molecule has 0 aliphatic rings. The first-order valence-electron chi connectivity index (χ1n) is 10.1. The zero-order chi connectivity index (χ0) is 20.8. The van der Waals surface area contributed by atoms with Crippen LogP contribution in [-0.2, 0) is 18.4 Å². The summed E-state index contributed by atoms with van der Waals surface area (Å²) < 4.78 is 7.76. The molecule has 154 valence electrons. The third kappa shape index (κ3) is 4.81. The van der Waals surface area contributed by atoms with Gasteiger partial charge in [-0.2, -0.15) is 5.10 Å². The summed E-state index contributed by atoms with van der Waals surface area (Å²) in [5, 5.41) is 9.42. The van der Waals surface area contributed by atoms with Gasteiger partial charge < -0.3 is 10.1 Å². The van der Waals surface area contributed by atoms with E-state index in [2.05, 4.69) is 51.8 Å². The Balaban J connectivity index is 1.43. The highest BCUT2D eigenvalue weighted by Gasteiger charge is 2.16. The maximum Gasteiger partial charge on any atom is 0.159 e. The molecule has 0 radical (unpaired) electrons. The van der Waals surface area contributed by atoms with Gasteiger partial charge in [0.05, 0.1) is 17.5 Å². The van der Waals surface area contributed by atoms with Crippen LogP contribution in [0, 0.1) is 0 Å². The molecule has 2 aromatic heterocycles. The topological polar surface area (TPSA) is 52.0 Å². The van der Waals surface area contributed by atoms with Crippen molar-refractivity contribution < 1.29 is 4.74 Å². The van der Waals surface area contributed by atoms with Crippen molar-refractivity contribution in [1.29, 1.82) is 0 Å². The van der Waals surface area contributed by atoms with E-state index < -0.39 is 0 Å². The number of aromatic nitrogens is 3. The van der Waals surface area contributed by atoms with E-state index >= 15 is 0 Å². The van der Waals surface area contributed by atoms with Crippen molar-refractivity contribution in [2.24, 2.45) is 7.05 Å². The minimum Gasteiger partial charge on any atom is -0.377 e. The van der Waals surface area contributed by atoms with Crippen LogP contribution in [-0.4, -0.2) is 27.9 Å². The van der Waals surface area contributed by atoms with Crippen LogP contribution >= 0.6 is 11.6 Å². The van der Waals surface area contributed by atoms with Crippen LogP contribution in [0.15, 0.2) is 72.9 Å². The highest BCUT2D eigenvalue weighted by atomic mass is 35.5. The molecule has 1 unspecified atom stereocenters. The number of pyridine rings is 1. The summed E-state index contributed by atoms with van der Waals surface area (Å²) in [6.45, 7) is 2.04. The largest absolute Gasteiger partial charge is 0.377 e. The number of rotatable bonds is 9. The van der Waals surface area contributed by atoms with Gasteiger partial charge in [0.1, 0.15) is 5.15 Å². The number of nitrogens with one attached hydrogen (secondary N) is 1. The molecule has 5 nitrogen and oxygen atoms in total. The lowest BCUT2D eigenvalue weighted by Crippen LogP contribution is -2.15. The molecule has 0 fully saturated rings. The second kappa shape index (κ2) is 9.74. The summed E-state index contributed by atoms with van der Waals surface area (Å²) in [5.74, 6) is 1.05. The van der Waals surface area contributed by atoms with Gasteiger partial charge in [-0.3, -0.25) is 4.68 Å². The number of ether oxygens (including phenoxy) is 1. The van der Waals surface area contributed by atoms with Gasteiger partial charge >= 0.3 is 0 Å². The van der Waals surface area contributed by atoms with Crippen molar-refractivity contribution >= 4 is 28.3 Å². The van der Waals surface area contributed by atoms with Crippen LogP contribution in [0.25, 0.3) is 10.9 Å². The molecular formula is C24H25ClN4O. The van der Waals surface area contributed by atoms with Crippen molar-refractivity contribution in [1.82, 2.24) is 14.8 Å². The third-order valence-corrected chi connectivity index (χ3v) is 5.51. The molecule has 2 heterocycles. The molecule has 0 bridgehead atoms. The molecule has 4 aromatic rings. The van der Waals surface area contributed by atoms with Gasteiger partial charge in [-0.25, -0.2) is 4.98 Å². The Kier molecular flexibility index (Phi) is 6.62. The number of fused-ring (bicyclic) bond motifs is 1. The van der Waals surface area contributed by atoms with E-state index in [1.807, 2.05) is 42.1 Å². The summed E-state index contributed by atoms with van der Waals surface area (Å²) in [4.78, 5) is 4.21. The lowest BCUT2D eigenvalue weighted by molar-refractivity contribution is 0.114. The zero-order valence-electron chi connectivity index (χ0n) is 17.0. The number of hydrogen-bond acceptors (Lipinski definition) is 4. The van der Waals surface area contributed by atoms with Gasteiger partial charge in [-0.15, -0.1) is 0 Å². The van der Waals surface area contributed by atoms with Crippen LogP contribution in [0.3, 0.4) is 0 Å². The molecule has 30 heavy (non-hydrogen) atoms. The maximum absolute atomic E-state index is 6.34. The van der Waals surface area contributed by atoms with Crippen LogP contribution < -0.4 is 5.32 Å². The van der Waals surface area contributed by atoms with E-state index in [0.717, 1.165) is 29.7 Å². The highest BCUT2D eigenvalue weighted by Crippen LogP contribution is 2.29. The first-order chi connectivity index (χ1) is 14.7. The van der Waals surface area contributed by atoms with Gasteiger partial charge in [0.2, 0.25) is 0 Å². The molecule has 0 amide bonds. The minimum atomic E-state index is 0.287. The van der Waals surface area contributed by atoms with Crippen LogP contribution in [0.1, 0.15) is 23.5 Å². The van der Waals surface area contributed by atoms with Crippen LogP contribution in [0.4, 0.5) is 5.82 Å². The monoisotopic (exact) mass is 420 g/mol. The molecule has 0 saturated carbocycles. The van der Waals surface area contributed by atoms with Crippen LogP contribution in [0.5, 0.6) is 0 Å². The molecule has 0 saturated heterocycles. The van der Waals surface area contributed by atoms with Crippen molar-refractivity contribution in [2.75, 3.05) is 18.5 Å². The predicted molar refractivity (Wildman–Crippen MR) is 122 cm³/mol. The minimum absolute atomic E-state index is 0.287. The Morgan fingerprint density at radius 2 is 1.77 bits per heavy atom. The molecule has 1 atom stereocenters. The lowest BCUT2D eigenvalue weighted by atomic mass is 9.96. The number of nitrogens with zero attached hydrogens (tertiary/aromatic N) is 3. The fraction of sp³-hybridized carbons (Fsp3) is 0.250. The average Bonchev–Trinajstić information content (AvgIpc) is 3.11. The first kappa shape index (κ1) is 20.4. The lowest BCUT2D eigenvalue weighted by Gasteiger charge is -2.18. The van der Waals surface area contributed by atoms with Crippen molar-refractivity contribution in [3.63, 3.8) is 0 Å². The summed E-state index contributed by atoms with van der Waals surface area (Å²) in [5.41, 5.74) is 3.42. The Morgan fingerprint density at radius 3 is 2.53 bits per heavy atom. The number of anilines is 1. The molecule has 1 N–H and O–H groups in total. The average molecular weight is 421 g/mol. The van der Waals surface area contributed by atoms with Gasteiger partial charge in [-0.05, 0) is 23.6 Å². The Hall–Kier alpha value is -2.89. The van der Waals surface area contributed by atoms with Gasteiger partial charge in [-0.1, -0.05) is 72.3 Å². The zero-order valence-corrected chi connectivity index (χ0v) is 17.7. The maximum atomic E-state index is 6.34. The number of hydrogen-bond donors (Lipinski definition) is 1. The molecule has 0 aliphatic heterocycles. The number of halogens is 1. The normalized spacial score (nSPS) is 12.2. The van der Waals surface area contributed by atoms with E-state index in [1.54, 1.807) is 6.20 Å². The summed E-state index contributed by atoms with van der Waals surface area (Å²) >= 11 is 6.34. The summed E-state index contributed by atoms with van der Waals surface area (Å²) in [6.07, 6.45) is 2.60. The molecule has 0 aliphatic carbocycles. The SMILES string of the molecule is Cn1nc(NCC(CCOCc2ccccc2)c2ccccc2)c2c(Cl)nccc21. The molecular weight excluding hydrogens is 396 g/mol. The molecule has 0 spiro atoms. The number of aryl methyl sites for hydroxylation is 1. The van der Waals surface area contributed by atoms with E-state index in [1.165, 1.54) is 11.1 Å². The summed E-state index contributed by atoms with van der Waals surface area (Å²) in [6, 6.07) is 22.7. The van der Waals surface area contributed by atoms with E-state index in [9.17, 15) is 0 Å². The Bertz CT molecular complexity index is 1080. The second-order valence-electron chi connectivity index (χ2n) is 7.28. The Labute approximate surface area is 181 Å². The number of benzene rings is 2. The fourth-order valence-electron chi connectivity index (χ4n) is 3.61. The summed E-state index contributed by atoms with van der Waals surface area (Å²) in [7, 11) is 1.91. The van der Waals surface area contributed by atoms with E-state index in [-0.39, 0.29) is 5.92 Å². The van der Waals surface area contributed by atoms with E-state index in [4.69, 9.17) is 16.3 Å². The second-order valence-corrected chi connectivity index (χ2v) is 7.64. The quantitative estimate of drug-likeness (QED) is 0.290. The fourth-order valence-corrected chi connectivity index (χ4v) is 3.86. The van der Waals surface area contributed by atoms with Crippen molar-refractivity contribution in [3.05, 3.63) is 89.2 Å². The molecule has 6 heteroatoms. The Morgan fingerprint density at radius 1 is 1.03 bits per heavy atom. The smallest absolute Gasteiger partial charge is 0.159 e. The molecule has 4 rings (SSSR count). The highest BCUT2D eigenvalue weighted by molar-refractivity contribution is 6.35. The van der Waals surface area contributed by atoms with Gasteiger partial charge in [0.25, 0.3) is 0 Å². The standard InChI is InChI=1S/C24H25ClN4O/c1-29-21-12-14-26-23(25)22(21)24(28-29)27-16-20(19-10-6-3-7-11-19)13-15-30-17-18-8-4-2-5-9-18/h2-12,14,20H,13,15-17H2,1H3,(H,27,28). The van der Waals surface area contributed by atoms with E-state index in [0.29, 0.717) is 18.4 Å². The van der Waals surface area contributed by atoms with Gasteiger partial charge in [0, 0.05) is 32.3 Å². The van der Waals surface area contributed by atoms with Gasteiger partial charge in [0.15, 0.2) is 5.82 Å². The third-order valence-electron chi connectivity index (χ3n) is 5.23. The first-order valence-corrected chi connectivity index (χ1v) is 10.5. The predicted octanol–water partition coefficient (Wildman–Crippen LogP) is 5.42. The molecule has 2 aromatic carbocycles. The van der Waals surface area contributed by atoms with Crippen molar-refractivity contribution in [3.8, 4) is 0 Å². The van der Waals surface area contributed by atoms with Crippen molar-refractivity contribution in [2.45, 2.75) is 18.9 Å².